The van der Waals surface area contributed by atoms with E-state index in [-0.39, 0.29) is 5.48 Å². The van der Waals surface area contributed by atoms with E-state index in [2.05, 4.69) is 25.6 Å². The molecule has 0 amide bonds. The van der Waals surface area contributed by atoms with Crippen LogP contribution in [0.15, 0.2) is 0 Å². The minimum absolute atomic E-state index is 0. The van der Waals surface area contributed by atoms with Gasteiger partial charge in [0.2, 0.25) is 0 Å². The van der Waals surface area contributed by atoms with Crippen molar-refractivity contribution in [1.29, 1.82) is 0 Å². The molecule has 9 heavy (non-hydrogen) atoms. The Morgan fingerprint density at radius 1 is 1.11 bits per heavy atom. The first-order chi connectivity index (χ1) is 3.71. The van der Waals surface area contributed by atoms with E-state index in [1.807, 2.05) is 0 Å². The third kappa shape index (κ3) is 3.11. The molecule has 0 aliphatic carbocycles. The lowest BCUT2D eigenvalue weighted by Gasteiger charge is -2.28. The average Bonchev–Trinajstić information content (AvgIpc) is 1.65. The summed E-state index contributed by atoms with van der Waals surface area (Å²) in [4.78, 5) is 0. The zero-order chi connectivity index (χ0) is 6.04. The van der Waals surface area contributed by atoms with Gasteiger partial charge in [-0.3, -0.25) is 0 Å². The van der Waals surface area contributed by atoms with Crippen LogP contribution in [-0.4, -0.2) is 17.0 Å². The lowest BCUT2D eigenvalue weighted by atomic mass is 9.87. The van der Waals surface area contributed by atoms with Gasteiger partial charge in [0.15, 0.2) is 0 Å². The average molecular weight is 148 g/mol. The van der Waals surface area contributed by atoms with E-state index in [0.717, 1.165) is 0 Å². The van der Waals surface area contributed by atoms with Crippen molar-refractivity contribution in [3.05, 3.63) is 0 Å². The fraction of sp³-hybridized carbons (Fsp3) is 1.00. The second kappa shape index (κ2) is 3.47. The van der Waals surface area contributed by atoms with E-state index in [4.69, 9.17) is 0 Å². The first kappa shape index (κ1) is 9.31. The molecule has 1 nitrogen and oxygen atoms in total. The molecule has 0 aromatic carbocycles. The highest BCUT2D eigenvalue weighted by atomic mass is 32.2. The van der Waals surface area contributed by atoms with Crippen LogP contribution in [0.2, 0.25) is 0 Å². The van der Waals surface area contributed by atoms with Crippen molar-refractivity contribution >= 4 is 11.8 Å². The Morgan fingerprint density at radius 2 is 1.56 bits per heavy atom. The van der Waals surface area contributed by atoms with Crippen LogP contribution in [0.3, 0.4) is 0 Å². The van der Waals surface area contributed by atoms with E-state index >= 15 is 0 Å². The summed E-state index contributed by atoms with van der Waals surface area (Å²) >= 11 is 2.10. The molecular formula is C7H16OS. The summed E-state index contributed by atoms with van der Waals surface area (Å²) in [5.41, 5.74) is 0.658. The topological polar surface area (TPSA) is 31.5 Å². The zero-order valence-corrected chi connectivity index (χ0v) is 7.05. The van der Waals surface area contributed by atoms with Crippen molar-refractivity contribution in [3.8, 4) is 0 Å². The van der Waals surface area contributed by atoms with E-state index < -0.39 is 0 Å². The Kier molecular flexibility index (Phi) is 3.59. The first-order valence-corrected chi connectivity index (χ1v) is 4.44. The maximum atomic E-state index is 2.37. The Morgan fingerprint density at radius 3 is 1.78 bits per heavy atom. The monoisotopic (exact) mass is 148 g/mol. The van der Waals surface area contributed by atoms with Gasteiger partial charge >= 0.3 is 0 Å². The fourth-order valence-corrected chi connectivity index (χ4v) is 2.52. The number of hydrogen-bond acceptors (Lipinski definition) is 1. The van der Waals surface area contributed by atoms with Crippen molar-refractivity contribution in [2.45, 2.75) is 26.7 Å². The van der Waals surface area contributed by atoms with E-state index in [1.54, 1.807) is 0 Å². The fourth-order valence-electron chi connectivity index (χ4n) is 0.924. The van der Waals surface area contributed by atoms with Gasteiger partial charge in [0.05, 0.1) is 0 Å². The molecule has 1 heterocycles. The molecule has 1 aliphatic heterocycles. The lowest BCUT2D eigenvalue weighted by Crippen LogP contribution is -2.17. The SMILES string of the molecule is CC1(C)CCSCC1.O. The van der Waals surface area contributed by atoms with Gasteiger partial charge in [-0.25, -0.2) is 0 Å². The van der Waals surface area contributed by atoms with Crippen molar-refractivity contribution in [1.82, 2.24) is 0 Å². The summed E-state index contributed by atoms with van der Waals surface area (Å²) in [6, 6.07) is 0. The highest BCUT2D eigenvalue weighted by molar-refractivity contribution is 7.99. The van der Waals surface area contributed by atoms with Crippen LogP contribution >= 0.6 is 11.8 Å². The first-order valence-electron chi connectivity index (χ1n) is 3.28. The molecule has 1 rings (SSSR count). The predicted octanol–water partition coefficient (Wildman–Crippen LogP) is 1.71. The van der Waals surface area contributed by atoms with Crippen LogP contribution in [0, 0.1) is 5.41 Å². The molecule has 0 spiro atoms. The van der Waals surface area contributed by atoms with E-state index in [0.29, 0.717) is 5.41 Å². The minimum Gasteiger partial charge on any atom is -0.412 e. The van der Waals surface area contributed by atoms with Gasteiger partial charge in [-0.2, -0.15) is 11.8 Å². The predicted molar refractivity (Wildman–Crippen MR) is 44.0 cm³/mol. The summed E-state index contributed by atoms with van der Waals surface area (Å²) in [7, 11) is 0. The summed E-state index contributed by atoms with van der Waals surface area (Å²) in [6.07, 6.45) is 2.83. The summed E-state index contributed by atoms with van der Waals surface area (Å²) in [6.45, 7) is 4.74. The standard InChI is InChI=1S/C7H14S.H2O/c1-7(2)3-5-8-6-4-7;/h3-6H2,1-2H3;1H2. The third-order valence-electron chi connectivity index (χ3n) is 1.85. The Labute approximate surface area is 61.5 Å². The van der Waals surface area contributed by atoms with Gasteiger partial charge in [0, 0.05) is 0 Å². The molecule has 1 fully saturated rings. The minimum atomic E-state index is 0. The number of thioether (sulfide) groups is 1. The van der Waals surface area contributed by atoms with Crippen molar-refractivity contribution in [2.24, 2.45) is 5.41 Å². The van der Waals surface area contributed by atoms with Gasteiger partial charge in [-0.1, -0.05) is 13.8 Å². The molecule has 0 atom stereocenters. The lowest BCUT2D eigenvalue weighted by molar-refractivity contribution is 0.336. The Bertz CT molecular complexity index is 73.0. The summed E-state index contributed by atoms with van der Waals surface area (Å²) in [5, 5.41) is 0. The molecular weight excluding hydrogens is 132 g/mol. The van der Waals surface area contributed by atoms with Crippen molar-refractivity contribution in [2.75, 3.05) is 11.5 Å². The highest BCUT2D eigenvalue weighted by Gasteiger charge is 2.20. The van der Waals surface area contributed by atoms with Gasteiger partial charge in [0.1, 0.15) is 0 Å². The molecule has 0 saturated carbocycles. The molecule has 0 aromatic rings. The summed E-state index contributed by atoms with van der Waals surface area (Å²) in [5.74, 6) is 2.76. The highest BCUT2D eigenvalue weighted by Crippen LogP contribution is 2.33. The maximum Gasteiger partial charge on any atom is -0.00624 e. The van der Waals surface area contributed by atoms with Crippen LogP contribution in [-0.2, 0) is 0 Å². The van der Waals surface area contributed by atoms with Gasteiger partial charge in [-0.05, 0) is 29.8 Å². The molecule has 0 unspecified atom stereocenters. The largest absolute Gasteiger partial charge is 0.412 e. The molecule has 0 radical (unpaired) electrons. The molecule has 2 N–H and O–H groups in total. The van der Waals surface area contributed by atoms with Gasteiger partial charge < -0.3 is 5.48 Å². The van der Waals surface area contributed by atoms with Crippen molar-refractivity contribution in [3.63, 3.8) is 0 Å². The van der Waals surface area contributed by atoms with Crippen molar-refractivity contribution < 1.29 is 5.48 Å². The van der Waals surface area contributed by atoms with Crippen LogP contribution in [0.25, 0.3) is 0 Å². The second-order valence-electron chi connectivity index (χ2n) is 3.28. The normalized spacial score (nSPS) is 24.7. The van der Waals surface area contributed by atoms with Gasteiger partial charge in [-0.15, -0.1) is 0 Å². The molecule has 56 valence electrons. The molecule has 1 aliphatic rings. The smallest absolute Gasteiger partial charge is 0.00624 e. The number of hydrogen-bond donors (Lipinski definition) is 0. The van der Waals surface area contributed by atoms with E-state index in [1.165, 1.54) is 24.3 Å². The molecule has 1 saturated heterocycles. The third-order valence-corrected chi connectivity index (χ3v) is 2.83. The summed E-state index contributed by atoms with van der Waals surface area (Å²) < 4.78 is 0. The Balaban J connectivity index is 0.000000640. The van der Waals surface area contributed by atoms with Crippen LogP contribution in [0.1, 0.15) is 26.7 Å². The van der Waals surface area contributed by atoms with Gasteiger partial charge in [0.25, 0.3) is 0 Å². The number of rotatable bonds is 0. The second-order valence-corrected chi connectivity index (χ2v) is 4.50. The molecule has 2 heteroatoms. The van der Waals surface area contributed by atoms with Crippen LogP contribution in [0.4, 0.5) is 0 Å². The zero-order valence-electron chi connectivity index (χ0n) is 6.24. The Hall–Kier alpha value is 0.310. The molecule has 0 bridgehead atoms. The van der Waals surface area contributed by atoms with Crippen LogP contribution in [0.5, 0.6) is 0 Å². The van der Waals surface area contributed by atoms with E-state index in [9.17, 15) is 0 Å². The maximum absolute atomic E-state index is 2.37. The quantitative estimate of drug-likeness (QED) is 0.514. The van der Waals surface area contributed by atoms with Crippen LogP contribution < -0.4 is 0 Å². The molecule has 0 aromatic heterocycles.